The van der Waals surface area contributed by atoms with Crippen LogP contribution in [-0.2, 0) is 11.2 Å². The quantitative estimate of drug-likeness (QED) is 0.738. The number of carboxylic acid groups (broad SMARTS) is 1. The maximum Gasteiger partial charge on any atom is 0.310 e. The van der Waals surface area contributed by atoms with Gasteiger partial charge in [-0.15, -0.1) is 0 Å². The van der Waals surface area contributed by atoms with E-state index in [-0.39, 0.29) is 6.54 Å². The molecule has 0 aliphatic carbocycles. The third-order valence-electron chi connectivity index (χ3n) is 2.28. The van der Waals surface area contributed by atoms with Gasteiger partial charge >= 0.3 is 5.97 Å². The average Bonchev–Trinajstić information content (AvgIpc) is 2.19. The van der Waals surface area contributed by atoms with Crippen LogP contribution < -0.4 is 5.73 Å². The van der Waals surface area contributed by atoms with Crippen LogP contribution in [0.25, 0.3) is 0 Å². The number of hydrogen-bond donors (Lipinski definition) is 2. The average molecular weight is 194 g/mol. The Morgan fingerprint density at radius 2 is 2.43 bits per heavy atom. The molecule has 4 nitrogen and oxygen atoms in total. The Bertz CT molecular complexity index is 313. The SMILES string of the molecule is CC(CN)(Cc1cccnc1)C(=O)O. The second-order valence-corrected chi connectivity index (χ2v) is 3.61. The molecule has 0 aliphatic heterocycles. The molecule has 0 aliphatic rings. The highest BCUT2D eigenvalue weighted by Crippen LogP contribution is 2.20. The molecule has 1 aromatic rings. The van der Waals surface area contributed by atoms with Crippen molar-refractivity contribution in [1.29, 1.82) is 0 Å². The van der Waals surface area contributed by atoms with Gasteiger partial charge in [-0.05, 0) is 25.0 Å². The van der Waals surface area contributed by atoms with Gasteiger partial charge in [0.25, 0.3) is 0 Å². The predicted octanol–water partition coefficient (Wildman–Crippen LogP) is 0.674. The Balaban J connectivity index is 2.81. The van der Waals surface area contributed by atoms with Crippen molar-refractivity contribution in [1.82, 2.24) is 4.98 Å². The first-order chi connectivity index (χ1) is 6.58. The molecule has 0 amide bonds. The summed E-state index contributed by atoms with van der Waals surface area (Å²) in [6, 6.07) is 3.64. The van der Waals surface area contributed by atoms with Crippen LogP contribution in [0.15, 0.2) is 24.5 Å². The first kappa shape index (κ1) is 10.7. The van der Waals surface area contributed by atoms with Crippen LogP contribution in [0.4, 0.5) is 0 Å². The molecule has 0 radical (unpaired) electrons. The zero-order chi connectivity index (χ0) is 10.6. The Kier molecular flexibility index (Phi) is 3.19. The van der Waals surface area contributed by atoms with Crippen LogP contribution in [0, 0.1) is 5.41 Å². The number of carbonyl (C=O) groups is 1. The van der Waals surface area contributed by atoms with E-state index in [1.54, 1.807) is 25.4 Å². The lowest BCUT2D eigenvalue weighted by Gasteiger charge is -2.22. The van der Waals surface area contributed by atoms with E-state index in [1.165, 1.54) is 0 Å². The summed E-state index contributed by atoms with van der Waals surface area (Å²) in [5.41, 5.74) is 5.45. The van der Waals surface area contributed by atoms with Crippen LogP contribution in [0.2, 0.25) is 0 Å². The summed E-state index contributed by atoms with van der Waals surface area (Å²) in [4.78, 5) is 14.9. The summed E-state index contributed by atoms with van der Waals surface area (Å²) in [7, 11) is 0. The molecule has 0 bridgehead atoms. The van der Waals surface area contributed by atoms with Crippen molar-refractivity contribution in [2.24, 2.45) is 11.1 Å². The van der Waals surface area contributed by atoms with Crippen LogP contribution in [0.3, 0.4) is 0 Å². The van der Waals surface area contributed by atoms with Gasteiger partial charge in [0, 0.05) is 18.9 Å². The second-order valence-electron chi connectivity index (χ2n) is 3.61. The summed E-state index contributed by atoms with van der Waals surface area (Å²) in [6.07, 6.45) is 3.73. The second kappa shape index (κ2) is 4.19. The molecule has 3 N–H and O–H groups in total. The molecule has 0 fully saturated rings. The molecule has 76 valence electrons. The monoisotopic (exact) mass is 194 g/mol. The Morgan fingerprint density at radius 1 is 1.71 bits per heavy atom. The van der Waals surface area contributed by atoms with Gasteiger partial charge in [-0.3, -0.25) is 9.78 Å². The molecule has 0 saturated carbocycles. The number of aliphatic carboxylic acids is 1. The lowest BCUT2D eigenvalue weighted by molar-refractivity contribution is -0.147. The van der Waals surface area contributed by atoms with Crippen LogP contribution >= 0.6 is 0 Å². The standard InChI is InChI=1S/C10H14N2O2/c1-10(7-11,9(13)14)5-8-3-2-4-12-6-8/h2-4,6H,5,7,11H2,1H3,(H,13,14). The zero-order valence-corrected chi connectivity index (χ0v) is 8.10. The van der Waals surface area contributed by atoms with E-state index in [2.05, 4.69) is 4.98 Å². The number of nitrogens with zero attached hydrogens (tertiary/aromatic N) is 1. The van der Waals surface area contributed by atoms with E-state index >= 15 is 0 Å². The van der Waals surface area contributed by atoms with Gasteiger partial charge in [0.1, 0.15) is 0 Å². The molecule has 1 heterocycles. The van der Waals surface area contributed by atoms with E-state index in [0.29, 0.717) is 6.42 Å². The van der Waals surface area contributed by atoms with Crippen molar-refractivity contribution in [3.63, 3.8) is 0 Å². The minimum Gasteiger partial charge on any atom is -0.481 e. The number of aromatic nitrogens is 1. The first-order valence-electron chi connectivity index (χ1n) is 4.41. The van der Waals surface area contributed by atoms with Crippen molar-refractivity contribution in [3.8, 4) is 0 Å². The van der Waals surface area contributed by atoms with Crippen molar-refractivity contribution >= 4 is 5.97 Å². The third kappa shape index (κ3) is 2.29. The topological polar surface area (TPSA) is 76.2 Å². The fourth-order valence-corrected chi connectivity index (χ4v) is 1.19. The lowest BCUT2D eigenvalue weighted by Crippen LogP contribution is -2.37. The van der Waals surface area contributed by atoms with Crippen LogP contribution in [0.1, 0.15) is 12.5 Å². The van der Waals surface area contributed by atoms with Crippen LogP contribution in [-0.4, -0.2) is 22.6 Å². The van der Waals surface area contributed by atoms with Gasteiger partial charge in [0.05, 0.1) is 5.41 Å². The third-order valence-corrected chi connectivity index (χ3v) is 2.28. The molecule has 1 unspecified atom stereocenters. The molecule has 1 aromatic heterocycles. The van der Waals surface area contributed by atoms with Crippen molar-refractivity contribution in [3.05, 3.63) is 30.1 Å². The zero-order valence-electron chi connectivity index (χ0n) is 8.10. The highest BCUT2D eigenvalue weighted by Gasteiger charge is 2.31. The fraction of sp³-hybridized carbons (Fsp3) is 0.400. The smallest absolute Gasteiger partial charge is 0.310 e. The van der Waals surface area contributed by atoms with Gasteiger partial charge < -0.3 is 10.8 Å². The van der Waals surface area contributed by atoms with Crippen molar-refractivity contribution in [2.45, 2.75) is 13.3 Å². The van der Waals surface area contributed by atoms with E-state index < -0.39 is 11.4 Å². The summed E-state index contributed by atoms with van der Waals surface area (Å²) < 4.78 is 0. The molecule has 0 aromatic carbocycles. The number of pyridine rings is 1. The molecule has 4 heteroatoms. The van der Waals surface area contributed by atoms with Crippen LogP contribution in [0.5, 0.6) is 0 Å². The summed E-state index contributed by atoms with van der Waals surface area (Å²) in [5.74, 6) is -0.871. The molecule has 14 heavy (non-hydrogen) atoms. The van der Waals surface area contributed by atoms with E-state index in [4.69, 9.17) is 10.8 Å². The number of rotatable bonds is 4. The molecule has 0 spiro atoms. The lowest BCUT2D eigenvalue weighted by atomic mass is 9.84. The van der Waals surface area contributed by atoms with E-state index in [1.807, 2.05) is 6.07 Å². The van der Waals surface area contributed by atoms with Crippen molar-refractivity contribution < 1.29 is 9.90 Å². The van der Waals surface area contributed by atoms with E-state index in [9.17, 15) is 4.79 Å². The fourth-order valence-electron chi connectivity index (χ4n) is 1.19. The van der Waals surface area contributed by atoms with Gasteiger partial charge in [-0.25, -0.2) is 0 Å². The molecule has 0 saturated heterocycles. The first-order valence-corrected chi connectivity index (χ1v) is 4.41. The number of hydrogen-bond acceptors (Lipinski definition) is 3. The number of carboxylic acids is 1. The number of nitrogens with two attached hydrogens (primary N) is 1. The van der Waals surface area contributed by atoms with E-state index in [0.717, 1.165) is 5.56 Å². The Hall–Kier alpha value is -1.42. The predicted molar refractivity (Wildman–Crippen MR) is 52.7 cm³/mol. The maximum absolute atomic E-state index is 11.0. The summed E-state index contributed by atoms with van der Waals surface area (Å²) >= 11 is 0. The Labute approximate surface area is 82.8 Å². The van der Waals surface area contributed by atoms with Gasteiger partial charge in [0.2, 0.25) is 0 Å². The minimum atomic E-state index is -0.900. The van der Waals surface area contributed by atoms with Crippen molar-refractivity contribution in [2.75, 3.05) is 6.54 Å². The van der Waals surface area contributed by atoms with Gasteiger partial charge in [0.15, 0.2) is 0 Å². The highest BCUT2D eigenvalue weighted by atomic mass is 16.4. The molecular formula is C10H14N2O2. The highest BCUT2D eigenvalue weighted by molar-refractivity contribution is 5.74. The Morgan fingerprint density at radius 3 is 2.86 bits per heavy atom. The molecule has 1 atom stereocenters. The maximum atomic E-state index is 11.0. The van der Waals surface area contributed by atoms with Gasteiger partial charge in [-0.2, -0.15) is 0 Å². The normalized spacial score (nSPS) is 14.7. The summed E-state index contributed by atoms with van der Waals surface area (Å²) in [5, 5.41) is 8.99. The molecular weight excluding hydrogens is 180 g/mol. The summed E-state index contributed by atoms with van der Waals surface area (Å²) in [6.45, 7) is 1.76. The van der Waals surface area contributed by atoms with Gasteiger partial charge in [-0.1, -0.05) is 6.07 Å². The molecule has 1 rings (SSSR count). The minimum absolute atomic E-state index is 0.122. The largest absolute Gasteiger partial charge is 0.481 e.